The smallest absolute Gasteiger partial charge is 0.415 e. The Hall–Kier alpha value is -3.06. The van der Waals surface area contributed by atoms with Crippen LogP contribution in [0.2, 0.25) is 0 Å². The lowest BCUT2D eigenvalue weighted by atomic mass is 10.1. The third-order valence-corrected chi connectivity index (χ3v) is 5.42. The van der Waals surface area contributed by atoms with Crippen LogP contribution < -0.4 is 4.90 Å². The van der Waals surface area contributed by atoms with E-state index in [1.165, 1.54) is 4.90 Å². The van der Waals surface area contributed by atoms with Crippen LogP contribution in [0.15, 0.2) is 54.6 Å². The number of ether oxygens (including phenoxy) is 1. The first kappa shape index (κ1) is 23.6. The average Bonchev–Trinajstić information content (AvgIpc) is 3.10. The van der Waals surface area contributed by atoms with E-state index in [4.69, 9.17) is 16.3 Å². The van der Waals surface area contributed by atoms with Gasteiger partial charge >= 0.3 is 12.1 Å². The number of carboxylic acid groups (broad SMARTS) is 1. The first-order valence-electron chi connectivity index (χ1n) is 10.4. The molecule has 1 aliphatic heterocycles. The van der Waals surface area contributed by atoms with Crippen LogP contribution in [0.4, 0.5) is 10.5 Å². The molecular formula is C24H27ClN2O5. The minimum Gasteiger partial charge on any atom is -0.480 e. The van der Waals surface area contributed by atoms with Crippen LogP contribution in [0.1, 0.15) is 31.9 Å². The van der Waals surface area contributed by atoms with Gasteiger partial charge in [0.05, 0.1) is 5.69 Å². The van der Waals surface area contributed by atoms with Gasteiger partial charge in [0.1, 0.15) is 23.7 Å². The van der Waals surface area contributed by atoms with Gasteiger partial charge < -0.3 is 14.7 Å². The molecule has 2 amide bonds. The predicted molar refractivity (Wildman–Crippen MR) is 122 cm³/mol. The van der Waals surface area contributed by atoms with Crippen LogP contribution in [-0.4, -0.2) is 51.7 Å². The van der Waals surface area contributed by atoms with Gasteiger partial charge in [-0.3, -0.25) is 14.5 Å². The summed E-state index contributed by atoms with van der Waals surface area (Å²) in [5, 5.41) is 9.43. The molecule has 0 bridgehead atoms. The number of hydrogen-bond donors (Lipinski definition) is 1. The molecule has 1 N–H and O–H groups in total. The van der Waals surface area contributed by atoms with Crippen molar-refractivity contribution in [1.29, 1.82) is 0 Å². The zero-order chi connectivity index (χ0) is 23.5. The van der Waals surface area contributed by atoms with Crippen LogP contribution in [0, 0.1) is 0 Å². The molecule has 2 aromatic carbocycles. The summed E-state index contributed by atoms with van der Waals surface area (Å²) in [6, 6.07) is 15.5. The van der Waals surface area contributed by atoms with E-state index in [2.05, 4.69) is 0 Å². The van der Waals surface area contributed by atoms with Gasteiger partial charge in [0, 0.05) is 12.8 Å². The molecule has 1 unspecified atom stereocenters. The van der Waals surface area contributed by atoms with E-state index < -0.39 is 41.7 Å². The molecule has 32 heavy (non-hydrogen) atoms. The molecule has 2 atom stereocenters. The minimum atomic E-state index is -1.18. The lowest BCUT2D eigenvalue weighted by Gasteiger charge is -2.33. The number of carbonyl (C=O) groups is 3. The number of benzene rings is 2. The van der Waals surface area contributed by atoms with Crippen molar-refractivity contribution in [3.8, 4) is 0 Å². The van der Waals surface area contributed by atoms with E-state index in [1.54, 1.807) is 32.9 Å². The van der Waals surface area contributed by atoms with Gasteiger partial charge in [0.2, 0.25) is 5.91 Å². The van der Waals surface area contributed by atoms with E-state index in [9.17, 15) is 19.5 Å². The number of amides is 2. The van der Waals surface area contributed by atoms with E-state index in [-0.39, 0.29) is 12.8 Å². The largest absolute Gasteiger partial charge is 0.480 e. The molecule has 0 spiro atoms. The second kappa shape index (κ2) is 9.61. The van der Waals surface area contributed by atoms with E-state index in [1.807, 2.05) is 42.5 Å². The van der Waals surface area contributed by atoms with Gasteiger partial charge in [-0.1, -0.05) is 60.1 Å². The summed E-state index contributed by atoms with van der Waals surface area (Å²) < 4.78 is 5.54. The standard InChI is InChI=1S/C24H27ClN2O5/c1-24(2,3)32-23(31)27-18-12-8-7-11-17(18)14-19(27)22(30)26(15-21(28)29)20(25)13-16-9-5-4-6-10-16/h4-12,19-20H,13-15H2,1-3H3,(H,28,29)/t19-,20?/m1/s1. The van der Waals surface area contributed by atoms with Crippen LogP contribution in [0.3, 0.4) is 0 Å². The van der Waals surface area contributed by atoms with Crippen molar-refractivity contribution in [1.82, 2.24) is 4.90 Å². The number of halogens is 1. The third kappa shape index (κ3) is 5.59. The normalized spacial score (nSPS) is 16.2. The second-order valence-electron chi connectivity index (χ2n) is 8.68. The predicted octanol–water partition coefficient (Wildman–Crippen LogP) is 4.07. The van der Waals surface area contributed by atoms with Crippen LogP contribution in [-0.2, 0) is 27.2 Å². The highest BCUT2D eigenvalue weighted by atomic mass is 35.5. The molecule has 1 aliphatic rings. The monoisotopic (exact) mass is 458 g/mol. The molecule has 0 fully saturated rings. The van der Waals surface area contributed by atoms with E-state index in [0.29, 0.717) is 5.69 Å². The van der Waals surface area contributed by atoms with E-state index >= 15 is 0 Å². The van der Waals surface area contributed by atoms with Crippen molar-refractivity contribution in [3.05, 3.63) is 65.7 Å². The molecule has 170 valence electrons. The van der Waals surface area contributed by atoms with Crippen molar-refractivity contribution >= 4 is 35.3 Å². The molecular weight excluding hydrogens is 432 g/mol. The zero-order valence-corrected chi connectivity index (χ0v) is 19.1. The van der Waals surface area contributed by atoms with Crippen molar-refractivity contribution in [2.75, 3.05) is 11.4 Å². The highest BCUT2D eigenvalue weighted by molar-refractivity contribution is 6.21. The van der Waals surface area contributed by atoms with Gasteiger partial charge in [0.25, 0.3) is 0 Å². The highest BCUT2D eigenvalue weighted by Gasteiger charge is 2.43. The number of fused-ring (bicyclic) bond motifs is 1. The van der Waals surface area contributed by atoms with Crippen molar-refractivity contribution < 1.29 is 24.2 Å². The van der Waals surface area contributed by atoms with Gasteiger partial charge in [-0.05, 0) is 38.0 Å². The van der Waals surface area contributed by atoms with Crippen molar-refractivity contribution in [2.24, 2.45) is 0 Å². The molecule has 3 rings (SSSR count). The Balaban J connectivity index is 1.91. The summed E-state index contributed by atoms with van der Waals surface area (Å²) in [6.07, 6.45) is -0.141. The van der Waals surface area contributed by atoms with Gasteiger partial charge in [0.15, 0.2) is 0 Å². The van der Waals surface area contributed by atoms with Crippen molar-refractivity contribution in [3.63, 3.8) is 0 Å². The summed E-state index contributed by atoms with van der Waals surface area (Å²) in [4.78, 5) is 40.6. The SMILES string of the molecule is CC(C)(C)OC(=O)N1c2ccccc2C[C@@H]1C(=O)N(CC(=O)O)C(Cl)Cc1ccccc1. The fourth-order valence-electron chi connectivity index (χ4n) is 3.69. The average molecular weight is 459 g/mol. The zero-order valence-electron chi connectivity index (χ0n) is 18.3. The number of carbonyl (C=O) groups excluding carboxylic acids is 2. The fraction of sp³-hybridized carbons (Fsp3) is 0.375. The number of anilines is 1. The number of carboxylic acids is 1. The van der Waals surface area contributed by atoms with Crippen LogP contribution in [0.5, 0.6) is 0 Å². The molecule has 0 aromatic heterocycles. The minimum absolute atomic E-state index is 0.249. The Labute approximate surface area is 192 Å². The molecule has 1 heterocycles. The quantitative estimate of drug-likeness (QED) is 0.520. The molecule has 0 saturated heterocycles. The summed E-state index contributed by atoms with van der Waals surface area (Å²) in [6.45, 7) is 4.66. The topological polar surface area (TPSA) is 87.2 Å². The maximum Gasteiger partial charge on any atom is 0.415 e. The maximum absolute atomic E-state index is 13.6. The lowest BCUT2D eigenvalue weighted by molar-refractivity contribution is -0.145. The Morgan fingerprint density at radius 1 is 1.12 bits per heavy atom. The number of nitrogens with zero attached hydrogens (tertiary/aromatic N) is 2. The summed E-state index contributed by atoms with van der Waals surface area (Å²) >= 11 is 6.55. The van der Waals surface area contributed by atoms with E-state index in [0.717, 1.165) is 16.0 Å². The summed E-state index contributed by atoms with van der Waals surface area (Å²) in [5.41, 5.74) is 0.594. The third-order valence-electron chi connectivity index (χ3n) is 5.03. The number of para-hydroxylation sites is 1. The van der Waals surface area contributed by atoms with Crippen molar-refractivity contribution in [2.45, 2.75) is 50.8 Å². The Morgan fingerprint density at radius 2 is 1.75 bits per heavy atom. The lowest BCUT2D eigenvalue weighted by Crippen LogP contribution is -2.54. The number of hydrogen-bond acceptors (Lipinski definition) is 4. The molecule has 2 aromatic rings. The molecule has 8 heteroatoms. The number of alkyl halides is 1. The summed E-state index contributed by atoms with van der Waals surface area (Å²) in [5.74, 6) is -1.72. The van der Waals surface area contributed by atoms with Gasteiger partial charge in [-0.15, -0.1) is 0 Å². The Morgan fingerprint density at radius 3 is 2.38 bits per heavy atom. The molecule has 0 aliphatic carbocycles. The Kier molecular flexibility index (Phi) is 7.09. The molecule has 7 nitrogen and oxygen atoms in total. The van der Waals surface area contributed by atoms with Crippen LogP contribution in [0.25, 0.3) is 0 Å². The fourth-order valence-corrected chi connectivity index (χ4v) is 4.03. The van der Waals surface area contributed by atoms with Crippen LogP contribution >= 0.6 is 11.6 Å². The second-order valence-corrected chi connectivity index (χ2v) is 9.19. The first-order chi connectivity index (χ1) is 15.1. The summed E-state index contributed by atoms with van der Waals surface area (Å²) in [7, 11) is 0. The molecule has 0 saturated carbocycles. The highest BCUT2D eigenvalue weighted by Crippen LogP contribution is 2.34. The number of rotatable bonds is 6. The Bertz CT molecular complexity index is 989. The van der Waals surface area contributed by atoms with Gasteiger partial charge in [-0.25, -0.2) is 4.79 Å². The molecule has 0 radical (unpaired) electrons. The number of aliphatic carboxylic acids is 1. The van der Waals surface area contributed by atoms with Gasteiger partial charge in [-0.2, -0.15) is 0 Å². The maximum atomic E-state index is 13.6. The first-order valence-corrected chi connectivity index (χ1v) is 10.8.